The predicted molar refractivity (Wildman–Crippen MR) is 132 cm³/mol. The van der Waals surface area contributed by atoms with Crippen LogP contribution in [-0.4, -0.2) is 0 Å². The molecule has 0 saturated heterocycles. The van der Waals surface area contributed by atoms with Crippen LogP contribution in [0.15, 0.2) is 0 Å². The van der Waals surface area contributed by atoms with Gasteiger partial charge in [0.1, 0.15) is 0 Å². The second kappa shape index (κ2) is 7.00. The minimum absolute atomic E-state index is 0.591. The zero-order valence-electron chi connectivity index (χ0n) is 22.2. The lowest BCUT2D eigenvalue weighted by molar-refractivity contribution is 0.0357. The van der Waals surface area contributed by atoms with Crippen LogP contribution in [0.5, 0.6) is 0 Å². The van der Waals surface area contributed by atoms with Crippen molar-refractivity contribution >= 4 is 0 Å². The van der Waals surface area contributed by atoms with E-state index in [4.69, 9.17) is 0 Å². The first kappa shape index (κ1) is 23.2. The van der Waals surface area contributed by atoms with Gasteiger partial charge in [0, 0.05) is 0 Å². The molecule has 6 saturated carbocycles. The normalized spacial score (nSPS) is 33.9. The van der Waals surface area contributed by atoms with E-state index in [1.165, 1.54) is 64.2 Å². The molecule has 6 aliphatic carbocycles. The van der Waals surface area contributed by atoms with Crippen molar-refractivity contribution in [1.29, 1.82) is 0 Å². The Morgan fingerprint density at radius 2 is 1.03 bits per heavy atom. The van der Waals surface area contributed by atoms with Crippen LogP contribution in [0.3, 0.4) is 0 Å². The molecule has 2 unspecified atom stereocenters. The Bertz CT molecular complexity index is 608. The Balaban J connectivity index is 0.000000109. The Morgan fingerprint density at radius 1 is 0.500 bits per heavy atom. The topological polar surface area (TPSA) is 0 Å². The smallest absolute Gasteiger partial charge is 0.0261 e. The van der Waals surface area contributed by atoms with Gasteiger partial charge >= 0.3 is 0 Å². The fourth-order valence-electron chi connectivity index (χ4n) is 7.75. The van der Waals surface area contributed by atoms with E-state index < -0.39 is 0 Å². The molecule has 0 heterocycles. The largest absolute Gasteiger partial charge is 0.0599 e. The zero-order chi connectivity index (χ0) is 22.2. The SMILES string of the molecule is CC(C)(C)C1CC12CCC2.CC(C)(C)C1CC2(CC2)C1.CC(C)(C)C1CCC12CC2. The molecule has 0 aromatic rings. The van der Waals surface area contributed by atoms with Gasteiger partial charge in [0.2, 0.25) is 0 Å². The van der Waals surface area contributed by atoms with Crippen LogP contribution >= 0.6 is 0 Å². The standard InChI is InChI=1S/3C10H18/c1-9(2,3)8-6-10(7-8)4-5-10;1-9(2,3)8-4-5-10(8)6-7-10;1-9(2,3)8-7-10(8)5-4-6-10/h3*8H,4-7H2,1-3H3. The predicted octanol–water partition coefficient (Wildman–Crippen LogP) is 9.67. The number of hydrogen-bond donors (Lipinski definition) is 0. The van der Waals surface area contributed by atoms with Crippen molar-refractivity contribution in [1.82, 2.24) is 0 Å². The number of rotatable bonds is 0. The van der Waals surface area contributed by atoms with Crippen LogP contribution < -0.4 is 0 Å². The molecule has 2 atom stereocenters. The van der Waals surface area contributed by atoms with Crippen LogP contribution in [0, 0.1) is 50.2 Å². The van der Waals surface area contributed by atoms with E-state index in [0.717, 1.165) is 34.0 Å². The molecule has 0 heteroatoms. The summed E-state index contributed by atoms with van der Waals surface area (Å²) in [6, 6.07) is 0. The van der Waals surface area contributed by atoms with Gasteiger partial charge in [-0.15, -0.1) is 0 Å². The molecule has 0 bridgehead atoms. The lowest BCUT2D eigenvalue weighted by Gasteiger charge is -2.46. The molecule has 0 aliphatic heterocycles. The van der Waals surface area contributed by atoms with Gasteiger partial charge in [-0.1, -0.05) is 68.7 Å². The van der Waals surface area contributed by atoms with Gasteiger partial charge in [0.15, 0.2) is 0 Å². The summed E-state index contributed by atoms with van der Waals surface area (Å²) < 4.78 is 0. The molecule has 0 radical (unpaired) electrons. The van der Waals surface area contributed by atoms with Gasteiger partial charge in [0.05, 0.1) is 0 Å². The third-order valence-electron chi connectivity index (χ3n) is 10.7. The van der Waals surface area contributed by atoms with E-state index in [0.29, 0.717) is 16.2 Å². The molecule has 3 spiro atoms. The Kier molecular flexibility index (Phi) is 5.40. The first-order chi connectivity index (χ1) is 13.6. The van der Waals surface area contributed by atoms with Crippen molar-refractivity contribution in [2.24, 2.45) is 50.2 Å². The molecule has 30 heavy (non-hydrogen) atoms. The zero-order valence-corrected chi connectivity index (χ0v) is 22.2. The van der Waals surface area contributed by atoms with Gasteiger partial charge in [-0.2, -0.15) is 0 Å². The van der Waals surface area contributed by atoms with Crippen LogP contribution in [-0.2, 0) is 0 Å². The summed E-state index contributed by atoms with van der Waals surface area (Å²) in [4.78, 5) is 0. The quantitative estimate of drug-likeness (QED) is 0.370. The summed E-state index contributed by atoms with van der Waals surface area (Å²) in [6.45, 7) is 21.5. The van der Waals surface area contributed by atoms with Crippen molar-refractivity contribution in [3.8, 4) is 0 Å². The van der Waals surface area contributed by atoms with Crippen molar-refractivity contribution in [2.75, 3.05) is 0 Å². The van der Waals surface area contributed by atoms with Crippen molar-refractivity contribution in [3.05, 3.63) is 0 Å². The van der Waals surface area contributed by atoms with E-state index in [2.05, 4.69) is 62.3 Å². The summed E-state index contributed by atoms with van der Waals surface area (Å²) in [5, 5.41) is 0. The first-order valence-electron chi connectivity index (χ1n) is 13.6. The van der Waals surface area contributed by atoms with Crippen LogP contribution in [0.25, 0.3) is 0 Å². The third kappa shape index (κ3) is 4.55. The molecule has 0 nitrogen and oxygen atoms in total. The van der Waals surface area contributed by atoms with E-state index in [9.17, 15) is 0 Å². The van der Waals surface area contributed by atoms with Crippen molar-refractivity contribution < 1.29 is 0 Å². The fraction of sp³-hybridized carbons (Fsp3) is 1.00. The lowest BCUT2D eigenvalue weighted by atomic mass is 9.59. The van der Waals surface area contributed by atoms with Gasteiger partial charge in [-0.3, -0.25) is 0 Å². The van der Waals surface area contributed by atoms with E-state index >= 15 is 0 Å². The maximum atomic E-state index is 2.40. The minimum atomic E-state index is 0.591. The molecule has 6 rings (SSSR count). The molecule has 6 fully saturated rings. The monoisotopic (exact) mass is 414 g/mol. The summed E-state index contributed by atoms with van der Waals surface area (Å²) in [6.07, 6.45) is 18.4. The molecule has 0 N–H and O–H groups in total. The molecular formula is C30H54. The Morgan fingerprint density at radius 3 is 1.20 bits per heavy atom. The second-order valence-corrected chi connectivity index (χ2v) is 16.1. The molecular weight excluding hydrogens is 360 g/mol. The highest BCUT2D eigenvalue weighted by atomic mass is 14.7. The molecule has 6 aliphatic rings. The third-order valence-corrected chi connectivity index (χ3v) is 10.7. The van der Waals surface area contributed by atoms with E-state index in [-0.39, 0.29) is 0 Å². The van der Waals surface area contributed by atoms with Crippen LogP contribution in [0.4, 0.5) is 0 Å². The highest BCUT2D eigenvalue weighted by Gasteiger charge is 2.61. The fourth-order valence-corrected chi connectivity index (χ4v) is 7.75. The summed E-state index contributed by atoms with van der Waals surface area (Å²) in [5.41, 5.74) is 4.43. The van der Waals surface area contributed by atoms with Crippen LogP contribution in [0.2, 0.25) is 0 Å². The van der Waals surface area contributed by atoms with Gasteiger partial charge in [0.25, 0.3) is 0 Å². The van der Waals surface area contributed by atoms with E-state index in [1.54, 1.807) is 12.8 Å². The van der Waals surface area contributed by atoms with Gasteiger partial charge < -0.3 is 0 Å². The molecule has 0 amide bonds. The first-order valence-corrected chi connectivity index (χ1v) is 13.6. The second-order valence-electron chi connectivity index (χ2n) is 16.1. The van der Waals surface area contributed by atoms with Crippen LogP contribution in [0.1, 0.15) is 139 Å². The highest BCUT2D eigenvalue weighted by molar-refractivity contribution is 5.11. The highest BCUT2D eigenvalue weighted by Crippen LogP contribution is 2.71. The van der Waals surface area contributed by atoms with Crippen molar-refractivity contribution in [2.45, 2.75) is 139 Å². The van der Waals surface area contributed by atoms with E-state index in [1.807, 2.05) is 0 Å². The maximum absolute atomic E-state index is 2.40. The minimum Gasteiger partial charge on any atom is -0.0599 e. The maximum Gasteiger partial charge on any atom is -0.0261 e. The molecule has 174 valence electrons. The summed E-state index contributed by atoms with van der Waals surface area (Å²) in [5.74, 6) is 3.16. The summed E-state index contributed by atoms with van der Waals surface area (Å²) in [7, 11) is 0. The Hall–Kier alpha value is 0. The average Bonchev–Trinajstić information content (AvgIpc) is 3.40. The lowest BCUT2D eigenvalue weighted by Crippen LogP contribution is -2.37. The Labute approximate surface area is 189 Å². The van der Waals surface area contributed by atoms with Gasteiger partial charge in [-0.05, 0) is 121 Å². The molecule has 0 aromatic carbocycles. The van der Waals surface area contributed by atoms with Crippen molar-refractivity contribution in [3.63, 3.8) is 0 Å². The van der Waals surface area contributed by atoms with Gasteiger partial charge in [-0.25, -0.2) is 0 Å². The number of hydrogen-bond acceptors (Lipinski definition) is 0. The average molecular weight is 415 g/mol. The molecule has 0 aromatic heterocycles. The summed E-state index contributed by atoms with van der Waals surface area (Å²) >= 11 is 0.